The Morgan fingerprint density at radius 3 is 2.71 bits per heavy atom. The highest BCUT2D eigenvalue weighted by Crippen LogP contribution is 2.29. The number of nitrogens with one attached hydrogen (secondary N) is 1. The van der Waals surface area contributed by atoms with Gasteiger partial charge in [-0.1, -0.05) is 42.0 Å². The molecule has 28 heavy (non-hydrogen) atoms. The molecule has 0 fully saturated rings. The smallest absolute Gasteiger partial charge is 0.258 e. The minimum atomic E-state index is -0.147. The number of hydrogen-bond donors (Lipinski definition) is 1. The van der Waals surface area contributed by atoms with Gasteiger partial charge in [0.05, 0.1) is 22.5 Å². The second-order valence-electron chi connectivity index (χ2n) is 6.12. The van der Waals surface area contributed by atoms with E-state index in [2.05, 4.69) is 34.3 Å². The van der Waals surface area contributed by atoms with Crippen LogP contribution in [0.15, 0.2) is 69.7 Å². The lowest BCUT2D eigenvalue weighted by atomic mass is 10.1. The van der Waals surface area contributed by atoms with Crippen LogP contribution >= 0.6 is 34.4 Å². The molecule has 2 aromatic carbocycles. The lowest BCUT2D eigenvalue weighted by Gasteiger charge is -2.08. The van der Waals surface area contributed by atoms with E-state index in [1.165, 1.54) is 16.9 Å². The number of thiazole rings is 2. The Morgan fingerprint density at radius 1 is 1.11 bits per heavy atom. The van der Waals surface area contributed by atoms with Crippen molar-refractivity contribution in [2.24, 2.45) is 0 Å². The Hall–Kier alpha value is -2.48. The number of carbonyl (C=O) groups is 1. The van der Waals surface area contributed by atoms with Gasteiger partial charge < -0.3 is 0 Å². The zero-order valence-electron chi connectivity index (χ0n) is 15.1. The third-order valence-corrected chi connectivity index (χ3v) is 6.56. The molecule has 1 N–H and O–H groups in total. The average molecular weight is 424 g/mol. The third kappa shape index (κ3) is 4.49. The normalized spacial score (nSPS) is 10.8. The van der Waals surface area contributed by atoms with Crippen LogP contribution in [0.5, 0.6) is 0 Å². The number of anilines is 1. The monoisotopic (exact) mass is 423 g/mol. The van der Waals surface area contributed by atoms with E-state index in [0.717, 1.165) is 27.6 Å². The molecule has 0 atom stereocenters. The maximum absolute atomic E-state index is 12.8. The Balaban J connectivity index is 1.47. The van der Waals surface area contributed by atoms with Gasteiger partial charge in [0.1, 0.15) is 0 Å². The third-order valence-electron chi connectivity index (χ3n) is 4.06. The van der Waals surface area contributed by atoms with Crippen LogP contribution in [0.4, 0.5) is 5.13 Å². The fourth-order valence-corrected chi connectivity index (χ4v) is 4.92. The van der Waals surface area contributed by atoms with E-state index in [4.69, 9.17) is 0 Å². The molecular weight excluding hydrogens is 406 g/mol. The molecule has 140 valence electrons. The van der Waals surface area contributed by atoms with Gasteiger partial charge in [-0.15, -0.1) is 34.4 Å². The van der Waals surface area contributed by atoms with Crippen LogP contribution in [-0.2, 0) is 5.75 Å². The summed E-state index contributed by atoms with van der Waals surface area (Å²) in [6.45, 7) is 2.06. The van der Waals surface area contributed by atoms with E-state index >= 15 is 0 Å². The Morgan fingerprint density at radius 2 is 1.93 bits per heavy atom. The lowest BCUT2D eigenvalue weighted by Crippen LogP contribution is -2.12. The lowest BCUT2D eigenvalue weighted by molar-refractivity contribution is 0.102. The van der Waals surface area contributed by atoms with Crippen molar-refractivity contribution in [1.82, 2.24) is 9.97 Å². The molecule has 0 radical (unpaired) electrons. The summed E-state index contributed by atoms with van der Waals surface area (Å²) >= 11 is 4.62. The predicted octanol–water partition coefficient (Wildman–Crippen LogP) is 6.12. The van der Waals surface area contributed by atoms with E-state index < -0.39 is 0 Å². The largest absolute Gasteiger partial charge is 0.298 e. The molecular formula is C21H17N3OS3. The first-order valence-corrected chi connectivity index (χ1v) is 11.4. The van der Waals surface area contributed by atoms with Crippen LogP contribution in [0.25, 0.3) is 11.3 Å². The van der Waals surface area contributed by atoms with E-state index in [9.17, 15) is 4.79 Å². The minimum Gasteiger partial charge on any atom is -0.298 e. The SMILES string of the molecule is Cc1ccc(-c2csc(NC(=O)c3ccccc3SCc3cscn3)n2)cc1. The van der Waals surface area contributed by atoms with Crippen molar-refractivity contribution >= 4 is 45.5 Å². The quantitative estimate of drug-likeness (QED) is 0.380. The van der Waals surface area contributed by atoms with Crippen molar-refractivity contribution in [2.75, 3.05) is 5.32 Å². The van der Waals surface area contributed by atoms with Crippen molar-refractivity contribution < 1.29 is 4.79 Å². The molecule has 0 spiro atoms. The zero-order chi connectivity index (χ0) is 19.3. The number of rotatable bonds is 6. The summed E-state index contributed by atoms with van der Waals surface area (Å²) in [7, 11) is 0. The van der Waals surface area contributed by atoms with Gasteiger partial charge in [-0.3, -0.25) is 10.1 Å². The van der Waals surface area contributed by atoms with Gasteiger partial charge in [0, 0.05) is 27.0 Å². The molecule has 0 aliphatic rings. The molecule has 0 bridgehead atoms. The van der Waals surface area contributed by atoms with Crippen molar-refractivity contribution in [3.8, 4) is 11.3 Å². The number of thioether (sulfide) groups is 1. The highest BCUT2D eigenvalue weighted by molar-refractivity contribution is 7.98. The number of amides is 1. The van der Waals surface area contributed by atoms with E-state index in [-0.39, 0.29) is 5.91 Å². The van der Waals surface area contributed by atoms with Crippen molar-refractivity contribution in [2.45, 2.75) is 17.6 Å². The van der Waals surface area contributed by atoms with Crippen LogP contribution in [0.1, 0.15) is 21.6 Å². The number of aryl methyl sites for hydroxylation is 1. The summed E-state index contributed by atoms with van der Waals surface area (Å²) in [6, 6.07) is 15.8. The van der Waals surface area contributed by atoms with Crippen molar-refractivity contribution in [1.29, 1.82) is 0 Å². The summed E-state index contributed by atoms with van der Waals surface area (Å²) in [6.07, 6.45) is 0. The molecule has 7 heteroatoms. The van der Waals surface area contributed by atoms with Gasteiger partial charge >= 0.3 is 0 Å². The highest BCUT2D eigenvalue weighted by atomic mass is 32.2. The fraction of sp³-hybridized carbons (Fsp3) is 0.0952. The Kier molecular flexibility index (Phi) is 5.85. The summed E-state index contributed by atoms with van der Waals surface area (Å²) in [5.74, 6) is 0.592. The van der Waals surface area contributed by atoms with Crippen molar-refractivity contribution in [3.05, 3.63) is 81.6 Å². The number of nitrogens with zero attached hydrogens (tertiary/aromatic N) is 2. The number of carbonyl (C=O) groups excluding carboxylic acids is 1. The predicted molar refractivity (Wildman–Crippen MR) is 118 cm³/mol. The standard InChI is InChI=1S/C21H17N3OS3/c1-14-6-8-15(9-7-14)18-12-28-21(23-18)24-20(25)17-4-2-3-5-19(17)27-11-16-10-26-13-22-16/h2-10,12-13H,11H2,1H3,(H,23,24,25). The summed E-state index contributed by atoms with van der Waals surface area (Å²) in [5.41, 5.74) is 6.61. The summed E-state index contributed by atoms with van der Waals surface area (Å²) in [5, 5.41) is 7.52. The number of aromatic nitrogens is 2. The first-order chi connectivity index (χ1) is 13.7. The van der Waals surface area contributed by atoms with Gasteiger partial charge in [-0.25, -0.2) is 9.97 Å². The molecule has 1 amide bonds. The Bertz CT molecular complexity index is 1070. The molecule has 4 rings (SSSR count). The second-order valence-corrected chi connectivity index (χ2v) is 8.72. The van der Waals surface area contributed by atoms with Crippen LogP contribution in [0, 0.1) is 6.92 Å². The van der Waals surface area contributed by atoms with Gasteiger partial charge in [-0.05, 0) is 19.1 Å². The maximum atomic E-state index is 12.8. The molecule has 2 aromatic heterocycles. The topological polar surface area (TPSA) is 54.9 Å². The molecule has 0 saturated heterocycles. The van der Waals surface area contributed by atoms with Crippen molar-refractivity contribution in [3.63, 3.8) is 0 Å². The first-order valence-electron chi connectivity index (χ1n) is 8.62. The molecule has 4 nitrogen and oxygen atoms in total. The average Bonchev–Trinajstić information content (AvgIpc) is 3.39. The fourth-order valence-electron chi connectivity index (χ4n) is 2.59. The zero-order valence-corrected chi connectivity index (χ0v) is 17.5. The van der Waals surface area contributed by atoms with E-state index in [0.29, 0.717) is 10.7 Å². The molecule has 0 aliphatic heterocycles. The van der Waals surface area contributed by atoms with Gasteiger partial charge in [-0.2, -0.15) is 0 Å². The number of hydrogen-bond acceptors (Lipinski definition) is 6. The van der Waals surface area contributed by atoms with Crippen LogP contribution in [0.3, 0.4) is 0 Å². The second kappa shape index (κ2) is 8.68. The molecule has 4 aromatic rings. The van der Waals surface area contributed by atoms with Gasteiger partial charge in [0.2, 0.25) is 0 Å². The molecule has 0 aliphatic carbocycles. The molecule has 0 saturated carbocycles. The van der Waals surface area contributed by atoms with Crippen LogP contribution in [0.2, 0.25) is 0 Å². The van der Waals surface area contributed by atoms with E-state index in [1.54, 1.807) is 23.1 Å². The first kappa shape index (κ1) is 18.9. The van der Waals surface area contributed by atoms with Gasteiger partial charge in [0.25, 0.3) is 5.91 Å². The van der Waals surface area contributed by atoms with Crippen LogP contribution in [-0.4, -0.2) is 15.9 Å². The number of benzene rings is 2. The minimum absolute atomic E-state index is 0.147. The molecule has 2 heterocycles. The summed E-state index contributed by atoms with van der Waals surface area (Å²) < 4.78 is 0. The van der Waals surface area contributed by atoms with E-state index in [1.807, 2.05) is 52.7 Å². The molecule has 0 unspecified atom stereocenters. The van der Waals surface area contributed by atoms with Crippen LogP contribution < -0.4 is 5.32 Å². The highest BCUT2D eigenvalue weighted by Gasteiger charge is 2.14. The maximum Gasteiger partial charge on any atom is 0.258 e. The Labute approximate surface area is 175 Å². The summed E-state index contributed by atoms with van der Waals surface area (Å²) in [4.78, 5) is 22.6. The van der Waals surface area contributed by atoms with Gasteiger partial charge in [0.15, 0.2) is 5.13 Å².